The molecule has 0 bridgehead atoms. The third-order valence-corrected chi connectivity index (χ3v) is 4.74. The summed E-state index contributed by atoms with van der Waals surface area (Å²) in [6, 6.07) is -0.233. The highest BCUT2D eigenvalue weighted by Crippen LogP contribution is 2.25. The molecule has 84 valence electrons. The molecule has 1 saturated carbocycles. The second kappa shape index (κ2) is 5.12. The Kier molecular flexibility index (Phi) is 4.38. The summed E-state index contributed by atoms with van der Waals surface area (Å²) >= 11 is 0. The molecule has 1 rings (SSSR count). The molecular weight excluding hydrogens is 198 g/mol. The van der Waals surface area contributed by atoms with Crippen LogP contribution in [-0.4, -0.2) is 26.0 Å². The molecule has 4 heteroatoms. The molecular formula is C10H21NO2S. The minimum absolute atomic E-state index is 0.142. The van der Waals surface area contributed by atoms with Gasteiger partial charge in [-0.15, -0.1) is 0 Å². The molecule has 0 radical (unpaired) electrons. The lowest BCUT2D eigenvalue weighted by molar-refractivity contribution is 0.385. The van der Waals surface area contributed by atoms with E-state index in [4.69, 9.17) is 5.73 Å². The Morgan fingerprint density at radius 2 is 1.86 bits per heavy atom. The fraction of sp³-hybridized carbons (Fsp3) is 1.00. The van der Waals surface area contributed by atoms with Gasteiger partial charge in [-0.1, -0.05) is 19.3 Å². The van der Waals surface area contributed by atoms with Crippen molar-refractivity contribution in [3.05, 3.63) is 0 Å². The SMILES string of the molecule is CC(N)CS(=O)(=O)CC1CCCCC1. The summed E-state index contributed by atoms with van der Waals surface area (Å²) in [7, 11) is -2.91. The van der Waals surface area contributed by atoms with E-state index in [1.165, 1.54) is 19.3 Å². The van der Waals surface area contributed by atoms with Gasteiger partial charge in [-0.3, -0.25) is 0 Å². The highest BCUT2D eigenvalue weighted by molar-refractivity contribution is 7.91. The zero-order valence-electron chi connectivity index (χ0n) is 8.91. The number of nitrogens with two attached hydrogens (primary N) is 1. The Hall–Kier alpha value is -0.0900. The van der Waals surface area contributed by atoms with Crippen LogP contribution in [0.15, 0.2) is 0 Å². The third-order valence-electron chi connectivity index (χ3n) is 2.73. The van der Waals surface area contributed by atoms with Crippen LogP contribution in [0.1, 0.15) is 39.0 Å². The summed E-state index contributed by atoms with van der Waals surface area (Å²) in [5.74, 6) is 0.894. The quantitative estimate of drug-likeness (QED) is 0.776. The van der Waals surface area contributed by atoms with Crippen LogP contribution in [0.4, 0.5) is 0 Å². The molecule has 1 aliphatic rings. The van der Waals surface area contributed by atoms with Crippen LogP contribution < -0.4 is 5.73 Å². The molecule has 14 heavy (non-hydrogen) atoms. The van der Waals surface area contributed by atoms with Crippen LogP contribution in [0.5, 0.6) is 0 Å². The molecule has 3 nitrogen and oxygen atoms in total. The van der Waals surface area contributed by atoms with Gasteiger partial charge in [0.1, 0.15) is 0 Å². The summed E-state index contributed by atoms with van der Waals surface area (Å²) < 4.78 is 23.3. The fourth-order valence-corrected chi connectivity index (χ4v) is 4.17. The van der Waals surface area contributed by atoms with E-state index in [1.807, 2.05) is 0 Å². The monoisotopic (exact) mass is 219 g/mol. The van der Waals surface area contributed by atoms with Crippen LogP contribution in [-0.2, 0) is 9.84 Å². The molecule has 1 unspecified atom stereocenters. The highest BCUT2D eigenvalue weighted by Gasteiger charge is 2.21. The Labute approximate surface area is 87.0 Å². The van der Waals surface area contributed by atoms with Crippen molar-refractivity contribution in [3.63, 3.8) is 0 Å². The van der Waals surface area contributed by atoms with Crippen LogP contribution >= 0.6 is 0 Å². The first-order chi connectivity index (χ1) is 6.49. The smallest absolute Gasteiger partial charge is 0.152 e. The molecule has 0 aromatic rings. The van der Waals surface area contributed by atoms with Crippen molar-refractivity contribution >= 4 is 9.84 Å². The van der Waals surface area contributed by atoms with Crippen molar-refractivity contribution in [2.75, 3.05) is 11.5 Å². The maximum Gasteiger partial charge on any atom is 0.152 e. The number of hydrogen-bond donors (Lipinski definition) is 1. The first kappa shape index (κ1) is 12.0. The largest absolute Gasteiger partial charge is 0.327 e. The molecule has 0 saturated heterocycles. The van der Waals surface area contributed by atoms with Gasteiger partial charge in [0.2, 0.25) is 0 Å². The second-order valence-corrected chi connectivity index (χ2v) is 6.71. The summed E-state index contributed by atoms with van der Waals surface area (Å²) in [6.45, 7) is 1.75. The van der Waals surface area contributed by atoms with Gasteiger partial charge >= 0.3 is 0 Å². The summed E-state index contributed by atoms with van der Waals surface area (Å²) in [5, 5.41) is 0. The topological polar surface area (TPSA) is 60.2 Å². The second-order valence-electron chi connectivity index (χ2n) is 4.56. The average molecular weight is 219 g/mol. The van der Waals surface area contributed by atoms with Crippen molar-refractivity contribution < 1.29 is 8.42 Å². The molecule has 1 fully saturated rings. The minimum atomic E-state index is -2.91. The molecule has 0 amide bonds. The third kappa shape index (κ3) is 4.42. The Balaban J connectivity index is 2.41. The van der Waals surface area contributed by atoms with E-state index >= 15 is 0 Å². The van der Waals surface area contributed by atoms with E-state index in [9.17, 15) is 8.42 Å². The Morgan fingerprint density at radius 3 is 2.36 bits per heavy atom. The van der Waals surface area contributed by atoms with Crippen LogP contribution in [0.25, 0.3) is 0 Å². The van der Waals surface area contributed by atoms with Gasteiger partial charge in [-0.05, 0) is 25.7 Å². The highest BCUT2D eigenvalue weighted by atomic mass is 32.2. The molecule has 0 aliphatic heterocycles. The summed E-state index contributed by atoms with van der Waals surface area (Å²) in [6.07, 6.45) is 5.82. The van der Waals surface area contributed by atoms with E-state index in [0.29, 0.717) is 11.7 Å². The average Bonchev–Trinajstić information content (AvgIpc) is 2.02. The molecule has 0 aromatic heterocycles. The van der Waals surface area contributed by atoms with Gasteiger partial charge in [0.25, 0.3) is 0 Å². The van der Waals surface area contributed by atoms with Crippen molar-refractivity contribution in [1.82, 2.24) is 0 Å². The van der Waals surface area contributed by atoms with Gasteiger partial charge in [0, 0.05) is 6.04 Å². The Morgan fingerprint density at radius 1 is 1.29 bits per heavy atom. The first-order valence-corrected chi connectivity index (χ1v) is 7.28. The van der Waals surface area contributed by atoms with Gasteiger partial charge in [-0.25, -0.2) is 8.42 Å². The van der Waals surface area contributed by atoms with Gasteiger partial charge < -0.3 is 5.73 Å². The molecule has 0 spiro atoms. The van der Waals surface area contributed by atoms with Crippen molar-refractivity contribution in [3.8, 4) is 0 Å². The Bertz CT molecular complexity index is 253. The molecule has 1 atom stereocenters. The molecule has 2 N–H and O–H groups in total. The number of sulfone groups is 1. The van der Waals surface area contributed by atoms with Crippen molar-refractivity contribution in [2.24, 2.45) is 11.7 Å². The van der Waals surface area contributed by atoms with Gasteiger partial charge in [0.05, 0.1) is 11.5 Å². The van der Waals surface area contributed by atoms with Gasteiger partial charge in [-0.2, -0.15) is 0 Å². The number of hydrogen-bond acceptors (Lipinski definition) is 3. The van der Waals surface area contributed by atoms with E-state index in [-0.39, 0.29) is 11.8 Å². The van der Waals surface area contributed by atoms with Crippen molar-refractivity contribution in [2.45, 2.75) is 45.1 Å². The van der Waals surface area contributed by atoms with Crippen molar-refractivity contribution in [1.29, 1.82) is 0 Å². The van der Waals surface area contributed by atoms with E-state index in [1.54, 1.807) is 6.92 Å². The predicted octanol–water partition coefficient (Wildman–Crippen LogP) is 1.33. The summed E-state index contributed by atoms with van der Waals surface area (Å²) in [5.41, 5.74) is 5.50. The normalized spacial score (nSPS) is 22.1. The molecule has 0 heterocycles. The number of rotatable bonds is 4. The standard InChI is InChI=1S/C10H21NO2S/c1-9(11)7-14(12,13)8-10-5-3-2-4-6-10/h9-10H,2-8,11H2,1H3. The zero-order valence-corrected chi connectivity index (χ0v) is 9.72. The van der Waals surface area contributed by atoms with Gasteiger partial charge in [0.15, 0.2) is 9.84 Å². The maximum atomic E-state index is 11.6. The van der Waals surface area contributed by atoms with E-state index < -0.39 is 9.84 Å². The maximum absolute atomic E-state index is 11.6. The summed E-state index contributed by atoms with van der Waals surface area (Å²) in [4.78, 5) is 0. The lowest BCUT2D eigenvalue weighted by Gasteiger charge is -2.21. The van der Waals surface area contributed by atoms with Crippen LogP contribution in [0.2, 0.25) is 0 Å². The lowest BCUT2D eigenvalue weighted by Crippen LogP contribution is -2.30. The van der Waals surface area contributed by atoms with Crippen LogP contribution in [0.3, 0.4) is 0 Å². The predicted molar refractivity (Wildman–Crippen MR) is 58.9 cm³/mol. The lowest BCUT2D eigenvalue weighted by atomic mass is 9.91. The fourth-order valence-electron chi connectivity index (χ4n) is 2.18. The molecule has 0 aromatic carbocycles. The molecule has 1 aliphatic carbocycles. The van der Waals surface area contributed by atoms with E-state index in [0.717, 1.165) is 12.8 Å². The first-order valence-electron chi connectivity index (χ1n) is 5.45. The van der Waals surface area contributed by atoms with Crippen LogP contribution in [0, 0.1) is 5.92 Å². The van der Waals surface area contributed by atoms with E-state index in [2.05, 4.69) is 0 Å². The zero-order chi connectivity index (χ0) is 10.6. The minimum Gasteiger partial charge on any atom is -0.327 e.